The summed E-state index contributed by atoms with van der Waals surface area (Å²) < 4.78 is 0. The van der Waals surface area contributed by atoms with E-state index >= 15 is 0 Å². The van der Waals surface area contributed by atoms with Crippen LogP contribution in [0, 0.1) is 0 Å². The second kappa shape index (κ2) is 12.4. The maximum absolute atomic E-state index is 10.2. The lowest BCUT2D eigenvalue weighted by Gasteiger charge is -2.01. The van der Waals surface area contributed by atoms with Gasteiger partial charge < -0.3 is 10.2 Å². The maximum atomic E-state index is 10.2. The van der Waals surface area contributed by atoms with Crippen LogP contribution in [-0.2, 0) is 9.59 Å². The molecule has 0 aliphatic heterocycles. The highest BCUT2D eigenvalue weighted by Crippen LogP contribution is 2.11. The quantitative estimate of drug-likeness (QED) is 0.535. The van der Waals surface area contributed by atoms with Gasteiger partial charge in [-0.1, -0.05) is 0 Å². The summed E-state index contributed by atoms with van der Waals surface area (Å²) in [4.78, 5) is 20.4. The highest BCUT2D eigenvalue weighted by molar-refractivity contribution is 8.04. The average Bonchev–Trinajstić information content (AvgIpc) is 2.25. The van der Waals surface area contributed by atoms with Crippen LogP contribution >= 0.6 is 35.3 Å². The molecular formula is C10H18O4S3. The van der Waals surface area contributed by atoms with E-state index in [9.17, 15) is 9.59 Å². The van der Waals surface area contributed by atoms with Crippen molar-refractivity contribution in [2.45, 2.75) is 12.8 Å². The molecule has 0 bridgehead atoms. The molecule has 100 valence electrons. The van der Waals surface area contributed by atoms with Gasteiger partial charge in [-0.15, -0.1) is 0 Å². The van der Waals surface area contributed by atoms with Gasteiger partial charge in [-0.05, 0) is 0 Å². The molecule has 0 aromatic rings. The number of thioether (sulfide) groups is 3. The molecule has 0 aliphatic rings. The van der Waals surface area contributed by atoms with Gasteiger partial charge in [-0.25, -0.2) is 0 Å². The van der Waals surface area contributed by atoms with E-state index in [1.54, 1.807) is 23.5 Å². The summed E-state index contributed by atoms with van der Waals surface area (Å²) in [7, 11) is 0. The molecule has 0 aromatic heterocycles. The number of carbonyl (C=O) groups is 2. The molecule has 0 saturated heterocycles. The highest BCUT2D eigenvalue weighted by Gasteiger charge is 1.98. The van der Waals surface area contributed by atoms with Crippen LogP contribution in [0.5, 0.6) is 0 Å². The molecule has 0 spiro atoms. The zero-order chi connectivity index (χ0) is 12.9. The van der Waals surface area contributed by atoms with Crippen LogP contribution in [0.4, 0.5) is 0 Å². The summed E-state index contributed by atoms with van der Waals surface area (Å²) in [6.07, 6.45) is 0.473. The van der Waals surface area contributed by atoms with Gasteiger partial charge in [0.2, 0.25) is 0 Å². The molecule has 0 fully saturated rings. The number of aliphatic carboxylic acids is 2. The third kappa shape index (κ3) is 16.0. The zero-order valence-corrected chi connectivity index (χ0v) is 12.0. The first-order chi connectivity index (χ1) is 8.13. The van der Waals surface area contributed by atoms with Crippen LogP contribution < -0.4 is 0 Å². The fourth-order valence-corrected chi connectivity index (χ4v) is 4.00. The van der Waals surface area contributed by atoms with Crippen LogP contribution in [-0.4, -0.2) is 56.7 Å². The Balaban J connectivity index is 2.98. The highest BCUT2D eigenvalue weighted by atomic mass is 32.2. The minimum atomic E-state index is -0.736. The third-order valence-corrected chi connectivity index (χ3v) is 5.14. The summed E-state index contributed by atoms with van der Waals surface area (Å²) in [5.41, 5.74) is 0. The minimum absolute atomic E-state index is 0.236. The first-order valence-electron chi connectivity index (χ1n) is 5.29. The normalized spacial score (nSPS) is 10.4. The topological polar surface area (TPSA) is 74.6 Å². The van der Waals surface area contributed by atoms with Crippen molar-refractivity contribution in [1.82, 2.24) is 0 Å². The van der Waals surface area contributed by atoms with E-state index in [0.29, 0.717) is 11.5 Å². The van der Waals surface area contributed by atoms with Crippen LogP contribution in [0.25, 0.3) is 0 Å². The van der Waals surface area contributed by atoms with Crippen molar-refractivity contribution in [3.05, 3.63) is 0 Å². The standard InChI is InChI=1S/C10H18O4S3/c11-9(12)1-3-15-5-7-17-8-6-16-4-2-10(13)14/h1-8H2,(H,11,12)(H,13,14). The predicted molar refractivity (Wildman–Crippen MR) is 76.5 cm³/mol. The number of rotatable bonds is 12. The lowest BCUT2D eigenvalue weighted by molar-refractivity contribution is -0.137. The number of carboxylic acids is 2. The summed E-state index contributed by atoms with van der Waals surface area (Å²) in [6, 6.07) is 0. The molecule has 0 saturated carbocycles. The molecule has 0 aromatic carbocycles. The molecule has 0 amide bonds. The largest absolute Gasteiger partial charge is 0.481 e. The lowest BCUT2D eigenvalue weighted by Crippen LogP contribution is -1.98. The van der Waals surface area contributed by atoms with Gasteiger partial charge in [0.15, 0.2) is 0 Å². The predicted octanol–water partition coefficient (Wildman–Crippen LogP) is 2.14. The molecule has 0 atom stereocenters. The molecule has 0 heterocycles. The Morgan fingerprint density at radius 2 is 0.941 bits per heavy atom. The van der Waals surface area contributed by atoms with Crippen LogP contribution in [0.2, 0.25) is 0 Å². The van der Waals surface area contributed by atoms with Crippen molar-refractivity contribution in [3.63, 3.8) is 0 Å². The molecule has 0 rings (SSSR count). The van der Waals surface area contributed by atoms with E-state index in [2.05, 4.69) is 0 Å². The zero-order valence-electron chi connectivity index (χ0n) is 9.59. The Morgan fingerprint density at radius 1 is 0.647 bits per heavy atom. The third-order valence-electron chi connectivity index (χ3n) is 1.66. The number of hydrogen-bond acceptors (Lipinski definition) is 5. The Labute approximate surface area is 114 Å². The van der Waals surface area contributed by atoms with Crippen molar-refractivity contribution in [1.29, 1.82) is 0 Å². The second-order valence-electron chi connectivity index (χ2n) is 3.12. The SMILES string of the molecule is O=C(O)CCSCCSCCSCCC(=O)O. The number of carboxylic acid groups (broad SMARTS) is 2. The van der Waals surface area contributed by atoms with Crippen LogP contribution in [0.15, 0.2) is 0 Å². The van der Waals surface area contributed by atoms with Gasteiger partial charge >= 0.3 is 11.9 Å². The molecule has 2 N–H and O–H groups in total. The van der Waals surface area contributed by atoms with Crippen molar-refractivity contribution in [2.24, 2.45) is 0 Å². The molecule has 4 nitrogen and oxygen atoms in total. The summed E-state index contributed by atoms with van der Waals surface area (Å²) in [5, 5.41) is 16.8. The van der Waals surface area contributed by atoms with Gasteiger partial charge in [0.05, 0.1) is 12.8 Å². The van der Waals surface area contributed by atoms with Crippen molar-refractivity contribution in [3.8, 4) is 0 Å². The minimum Gasteiger partial charge on any atom is -0.481 e. The molecule has 7 heteroatoms. The van der Waals surface area contributed by atoms with E-state index in [1.165, 1.54) is 0 Å². The van der Waals surface area contributed by atoms with Gasteiger partial charge in [-0.2, -0.15) is 35.3 Å². The summed E-state index contributed by atoms with van der Waals surface area (Å²) >= 11 is 5.17. The molecule has 0 radical (unpaired) electrons. The monoisotopic (exact) mass is 298 g/mol. The van der Waals surface area contributed by atoms with Gasteiger partial charge in [0, 0.05) is 34.5 Å². The fourth-order valence-electron chi connectivity index (χ4n) is 0.861. The Morgan fingerprint density at radius 3 is 1.24 bits per heavy atom. The maximum Gasteiger partial charge on any atom is 0.304 e. The van der Waals surface area contributed by atoms with Crippen LogP contribution in [0.1, 0.15) is 12.8 Å². The van der Waals surface area contributed by atoms with E-state index in [-0.39, 0.29) is 12.8 Å². The lowest BCUT2D eigenvalue weighted by atomic mass is 10.5. The second-order valence-corrected chi connectivity index (χ2v) is 6.80. The van der Waals surface area contributed by atoms with Gasteiger partial charge in [0.25, 0.3) is 0 Å². The Bertz CT molecular complexity index is 202. The number of hydrogen-bond donors (Lipinski definition) is 2. The molecular weight excluding hydrogens is 280 g/mol. The van der Waals surface area contributed by atoms with Gasteiger partial charge in [-0.3, -0.25) is 9.59 Å². The molecule has 0 aliphatic carbocycles. The Kier molecular flexibility index (Phi) is 12.4. The van der Waals surface area contributed by atoms with E-state index < -0.39 is 11.9 Å². The van der Waals surface area contributed by atoms with Crippen molar-refractivity contribution >= 4 is 47.2 Å². The van der Waals surface area contributed by atoms with Crippen molar-refractivity contribution < 1.29 is 19.8 Å². The van der Waals surface area contributed by atoms with Gasteiger partial charge in [0.1, 0.15) is 0 Å². The van der Waals surface area contributed by atoms with E-state index in [0.717, 1.165) is 23.0 Å². The molecule has 17 heavy (non-hydrogen) atoms. The first kappa shape index (κ1) is 17.0. The van der Waals surface area contributed by atoms with Crippen LogP contribution in [0.3, 0.4) is 0 Å². The van der Waals surface area contributed by atoms with E-state index in [1.807, 2.05) is 11.8 Å². The Hall–Kier alpha value is -0.0100. The smallest absolute Gasteiger partial charge is 0.304 e. The molecule has 0 unspecified atom stereocenters. The first-order valence-corrected chi connectivity index (χ1v) is 8.76. The summed E-state index contributed by atoms with van der Waals surface area (Å²) in [6.45, 7) is 0. The van der Waals surface area contributed by atoms with E-state index in [4.69, 9.17) is 10.2 Å². The summed E-state index contributed by atoms with van der Waals surface area (Å²) in [5.74, 6) is 3.93. The average molecular weight is 298 g/mol. The van der Waals surface area contributed by atoms with Crippen molar-refractivity contribution in [2.75, 3.05) is 34.5 Å². The fraction of sp³-hybridized carbons (Fsp3) is 0.800.